The molecule has 9 nitrogen and oxygen atoms in total. The van der Waals surface area contributed by atoms with Gasteiger partial charge in [-0.3, -0.25) is 23.7 Å². The number of aryl methyl sites for hydroxylation is 1. The lowest BCUT2D eigenvalue weighted by atomic mass is 9.89. The molecule has 2 aromatic rings. The fraction of sp³-hybridized carbons (Fsp3) is 0.458. The van der Waals surface area contributed by atoms with Crippen molar-refractivity contribution in [3.05, 3.63) is 57.5 Å². The van der Waals surface area contributed by atoms with Gasteiger partial charge in [0.05, 0.1) is 0 Å². The van der Waals surface area contributed by atoms with Gasteiger partial charge in [0.25, 0.3) is 5.56 Å². The van der Waals surface area contributed by atoms with Gasteiger partial charge in [0.2, 0.25) is 5.75 Å². The maximum Gasteiger partial charge on any atom is 0.312 e. The van der Waals surface area contributed by atoms with Gasteiger partial charge < -0.3 is 14.9 Å². The number of benzene rings is 1. The average Bonchev–Trinajstić information content (AvgIpc) is 3.18. The molecule has 1 saturated carbocycles. The van der Waals surface area contributed by atoms with Crippen LogP contribution in [-0.4, -0.2) is 63.2 Å². The summed E-state index contributed by atoms with van der Waals surface area (Å²) in [6.45, 7) is 0.324. The Balaban J connectivity index is 1.71. The number of likely N-dealkylation sites (N-methyl/N-ethyl adjacent to an activating group) is 2. The van der Waals surface area contributed by atoms with Crippen LogP contribution >= 0.6 is 0 Å². The molecule has 1 N–H and O–H groups in total. The van der Waals surface area contributed by atoms with Gasteiger partial charge in [0.15, 0.2) is 11.5 Å². The summed E-state index contributed by atoms with van der Waals surface area (Å²) in [4.78, 5) is 58.3. The Morgan fingerprint density at radius 1 is 1.18 bits per heavy atom. The minimum atomic E-state index is -1.02. The molecule has 2 aliphatic rings. The van der Waals surface area contributed by atoms with Crippen LogP contribution in [-0.2, 0) is 28.1 Å². The predicted molar refractivity (Wildman–Crippen MR) is 120 cm³/mol. The molecule has 34 heavy (non-hydrogen) atoms. The molecule has 1 fully saturated rings. The van der Waals surface area contributed by atoms with Crippen molar-refractivity contribution in [1.29, 1.82) is 0 Å². The van der Waals surface area contributed by atoms with Crippen molar-refractivity contribution in [3.63, 3.8) is 0 Å². The van der Waals surface area contributed by atoms with Crippen molar-refractivity contribution in [3.8, 4) is 5.75 Å². The highest BCUT2D eigenvalue weighted by atomic mass is 19.1. The van der Waals surface area contributed by atoms with E-state index in [-0.39, 0.29) is 36.1 Å². The Hall–Kier alpha value is -3.56. The summed E-state index contributed by atoms with van der Waals surface area (Å²) in [6.07, 6.45) is 1.95. The van der Waals surface area contributed by atoms with E-state index in [1.807, 2.05) is 0 Å². The van der Waals surface area contributed by atoms with E-state index < -0.39 is 34.4 Å². The van der Waals surface area contributed by atoms with Crippen LogP contribution in [0, 0.1) is 11.7 Å². The molecule has 1 aromatic heterocycles. The third kappa shape index (κ3) is 3.86. The molecule has 2 atom stereocenters. The quantitative estimate of drug-likeness (QED) is 0.523. The molecule has 0 radical (unpaired) electrons. The first-order valence-corrected chi connectivity index (χ1v) is 11.2. The Kier molecular flexibility index (Phi) is 6.01. The van der Waals surface area contributed by atoms with Gasteiger partial charge in [0, 0.05) is 34.1 Å². The summed E-state index contributed by atoms with van der Waals surface area (Å²) in [5.41, 5.74) is -1.37. The maximum absolute atomic E-state index is 13.1. The van der Waals surface area contributed by atoms with E-state index >= 15 is 0 Å². The molecule has 180 valence electrons. The van der Waals surface area contributed by atoms with Crippen LogP contribution in [0.25, 0.3) is 0 Å². The Morgan fingerprint density at radius 3 is 2.50 bits per heavy atom. The molecule has 2 unspecified atom stereocenters. The number of fused-ring (bicyclic) bond motifs is 4. The van der Waals surface area contributed by atoms with Crippen molar-refractivity contribution in [1.82, 2.24) is 19.4 Å². The molecule has 1 aliphatic heterocycles. The molecule has 1 aliphatic carbocycles. The molecule has 2 amide bonds. The largest absolute Gasteiger partial charge is 0.501 e. The van der Waals surface area contributed by atoms with Gasteiger partial charge in [-0.15, -0.1) is 0 Å². The second-order valence-electron chi connectivity index (χ2n) is 9.30. The number of hydrogen-bond acceptors (Lipinski definition) is 6. The van der Waals surface area contributed by atoms with E-state index in [1.54, 1.807) is 12.1 Å². The lowest BCUT2D eigenvalue weighted by Crippen LogP contribution is -2.54. The van der Waals surface area contributed by atoms with Crippen LogP contribution in [0.15, 0.2) is 29.1 Å². The summed E-state index contributed by atoms with van der Waals surface area (Å²) in [6, 6.07) is 5.72. The number of Topliss-reactive ketones (excluding diaryl/α,β-unsaturated/α-hetero) is 1. The second kappa shape index (κ2) is 8.66. The van der Waals surface area contributed by atoms with Crippen molar-refractivity contribution in [2.45, 2.75) is 44.2 Å². The summed E-state index contributed by atoms with van der Waals surface area (Å²) in [7, 11) is 4.48. The first-order chi connectivity index (χ1) is 16.0. The number of halogens is 1. The molecule has 10 heteroatoms. The number of ketones is 1. The van der Waals surface area contributed by atoms with Gasteiger partial charge >= 0.3 is 11.8 Å². The topological polar surface area (TPSA) is 113 Å². The van der Waals surface area contributed by atoms with Gasteiger partial charge in [-0.05, 0) is 49.3 Å². The van der Waals surface area contributed by atoms with Crippen LogP contribution in [0.1, 0.15) is 47.6 Å². The lowest BCUT2D eigenvalue weighted by Gasteiger charge is -2.42. The highest BCUT2D eigenvalue weighted by Gasteiger charge is 2.53. The normalized spacial score (nSPS) is 20.5. The molecule has 4 rings (SSSR count). The van der Waals surface area contributed by atoms with Crippen LogP contribution in [0.2, 0.25) is 0 Å². The summed E-state index contributed by atoms with van der Waals surface area (Å²) >= 11 is 0. The molecule has 2 heterocycles. The highest BCUT2D eigenvalue weighted by molar-refractivity contribution is 6.34. The highest BCUT2D eigenvalue weighted by Crippen LogP contribution is 2.49. The molecule has 2 bridgehead atoms. The molecular formula is C24H27FN4O5. The zero-order chi connectivity index (χ0) is 24.8. The zero-order valence-corrected chi connectivity index (χ0v) is 19.4. The number of carbonyl (C=O) groups is 3. The first kappa shape index (κ1) is 23.6. The van der Waals surface area contributed by atoms with Crippen LogP contribution in [0.5, 0.6) is 5.75 Å². The van der Waals surface area contributed by atoms with Crippen LogP contribution in [0.3, 0.4) is 0 Å². The molecule has 0 spiro atoms. The number of aromatic nitrogens is 2. The summed E-state index contributed by atoms with van der Waals surface area (Å²) < 4.78 is 14.5. The van der Waals surface area contributed by atoms with Gasteiger partial charge in [0.1, 0.15) is 17.2 Å². The lowest BCUT2D eigenvalue weighted by molar-refractivity contribution is -0.154. The third-order valence-electron chi connectivity index (χ3n) is 6.95. The Bertz CT molecular complexity index is 1220. The maximum atomic E-state index is 13.1. The summed E-state index contributed by atoms with van der Waals surface area (Å²) in [5, 5.41) is 10.5. The van der Waals surface area contributed by atoms with E-state index in [9.17, 15) is 28.7 Å². The smallest absolute Gasteiger partial charge is 0.312 e. The number of carbonyl (C=O) groups excluding carboxylic acids is 3. The Labute approximate surface area is 195 Å². The van der Waals surface area contributed by atoms with Crippen molar-refractivity contribution < 1.29 is 23.9 Å². The minimum Gasteiger partial charge on any atom is -0.501 e. The zero-order valence-electron chi connectivity index (χ0n) is 19.4. The fourth-order valence-corrected chi connectivity index (χ4v) is 5.02. The van der Waals surface area contributed by atoms with Crippen molar-refractivity contribution in [2.24, 2.45) is 5.92 Å². The number of nitrogens with zero attached hydrogens (tertiary/aromatic N) is 4. The van der Waals surface area contributed by atoms with Crippen molar-refractivity contribution >= 4 is 17.6 Å². The van der Waals surface area contributed by atoms with Gasteiger partial charge in [-0.1, -0.05) is 12.1 Å². The molecule has 1 aromatic carbocycles. The van der Waals surface area contributed by atoms with Gasteiger partial charge in [-0.25, -0.2) is 9.37 Å². The minimum absolute atomic E-state index is 0.0431. The molecular weight excluding hydrogens is 443 g/mol. The standard InChI is InChI=1S/C24H27FN4O5/c1-27(2)21(33)22(34)28(3)24-11-10-15(12-24)13-29-20(32)19(31)18(26-23(24)29)17(30)9-6-14-4-7-16(25)8-5-14/h4-5,7-8,15,31H,6,9-13H2,1-3H3. The predicted octanol–water partition coefficient (Wildman–Crippen LogP) is 1.46. The van der Waals surface area contributed by atoms with E-state index in [0.717, 1.165) is 5.56 Å². The fourth-order valence-electron chi connectivity index (χ4n) is 5.02. The van der Waals surface area contributed by atoms with E-state index in [2.05, 4.69) is 4.98 Å². The van der Waals surface area contributed by atoms with Crippen LogP contribution < -0.4 is 5.56 Å². The monoisotopic (exact) mass is 470 g/mol. The molecule has 0 saturated heterocycles. The number of rotatable bonds is 5. The van der Waals surface area contributed by atoms with E-state index in [1.165, 1.54) is 47.6 Å². The Morgan fingerprint density at radius 2 is 1.85 bits per heavy atom. The van der Waals surface area contributed by atoms with Gasteiger partial charge in [-0.2, -0.15) is 0 Å². The number of hydrogen-bond donors (Lipinski definition) is 1. The van der Waals surface area contributed by atoms with Crippen LogP contribution in [0.4, 0.5) is 4.39 Å². The average molecular weight is 471 g/mol. The number of amides is 2. The third-order valence-corrected chi connectivity index (χ3v) is 6.95. The van der Waals surface area contributed by atoms with E-state index in [0.29, 0.717) is 25.8 Å². The SMILES string of the molecule is CN(C)C(=O)C(=O)N(C)C12CCC(Cn3c1nc(C(=O)CCc1ccc(F)cc1)c(O)c3=O)C2. The van der Waals surface area contributed by atoms with Crippen molar-refractivity contribution in [2.75, 3.05) is 21.1 Å². The van der Waals surface area contributed by atoms with E-state index in [4.69, 9.17) is 0 Å². The summed E-state index contributed by atoms with van der Waals surface area (Å²) in [5.74, 6) is -2.77. The number of aromatic hydroxyl groups is 1. The second-order valence-corrected chi connectivity index (χ2v) is 9.30. The first-order valence-electron chi connectivity index (χ1n) is 11.2.